The third-order valence-corrected chi connectivity index (χ3v) is 4.38. The molecule has 1 aliphatic heterocycles. The zero-order chi connectivity index (χ0) is 13.2. The fourth-order valence-electron chi connectivity index (χ4n) is 2.66. The van der Waals surface area contributed by atoms with E-state index in [1.807, 2.05) is 6.20 Å². The number of nitrogens with zero attached hydrogens (tertiary/aromatic N) is 2. The summed E-state index contributed by atoms with van der Waals surface area (Å²) in [6.07, 6.45) is 3.24. The van der Waals surface area contributed by atoms with Crippen LogP contribution < -0.4 is 5.32 Å². The van der Waals surface area contributed by atoms with Crippen molar-refractivity contribution in [2.24, 2.45) is 5.92 Å². The van der Waals surface area contributed by atoms with Crippen molar-refractivity contribution in [1.29, 1.82) is 0 Å². The lowest BCUT2D eigenvalue weighted by Gasteiger charge is -2.10. The first kappa shape index (κ1) is 12.9. The minimum Gasteiger partial charge on any atom is -0.316 e. The Kier molecular flexibility index (Phi) is 3.71. The van der Waals surface area contributed by atoms with E-state index in [1.54, 1.807) is 0 Å². The molecule has 0 saturated carbocycles. The van der Waals surface area contributed by atoms with Gasteiger partial charge in [-0.2, -0.15) is 5.10 Å². The highest BCUT2D eigenvalue weighted by molar-refractivity contribution is 9.10. The van der Waals surface area contributed by atoms with E-state index in [2.05, 4.69) is 62.2 Å². The fourth-order valence-corrected chi connectivity index (χ4v) is 2.92. The Morgan fingerprint density at radius 3 is 2.84 bits per heavy atom. The summed E-state index contributed by atoms with van der Waals surface area (Å²) in [5.41, 5.74) is 3.73. The Balaban J connectivity index is 1.83. The van der Waals surface area contributed by atoms with Crippen molar-refractivity contribution < 1.29 is 0 Å². The number of hydrogen-bond acceptors (Lipinski definition) is 2. The van der Waals surface area contributed by atoms with E-state index in [-0.39, 0.29) is 0 Å². The molecule has 1 saturated heterocycles. The van der Waals surface area contributed by atoms with Crippen molar-refractivity contribution in [3.8, 4) is 11.1 Å². The summed E-state index contributed by atoms with van der Waals surface area (Å²) < 4.78 is 3.26. The first-order chi connectivity index (χ1) is 9.24. The first-order valence-corrected chi connectivity index (χ1v) is 7.52. The topological polar surface area (TPSA) is 29.9 Å². The van der Waals surface area contributed by atoms with Crippen molar-refractivity contribution in [1.82, 2.24) is 15.1 Å². The molecule has 1 atom stereocenters. The van der Waals surface area contributed by atoms with Gasteiger partial charge in [0.15, 0.2) is 0 Å². The molecule has 0 amide bonds. The Hall–Kier alpha value is -1.13. The van der Waals surface area contributed by atoms with Crippen LogP contribution in [0.15, 0.2) is 34.9 Å². The van der Waals surface area contributed by atoms with Crippen molar-refractivity contribution in [2.45, 2.75) is 19.9 Å². The van der Waals surface area contributed by atoms with Crippen LogP contribution in [0.1, 0.15) is 12.1 Å². The summed E-state index contributed by atoms with van der Waals surface area (Å²) in [4.78, 5) is 0. The second-order valence-electron chi connectivity index (χ2n) is 5.19. The highest BCUT2D eigenvalue weighted by atomic mass is 79.9. The van der Waals surface area contributed by atoms with Crippen LogP contribution in [0.4, 0.5) is 0 Å². The van der Waals surface area contributed by atoms with E-state index in [1.165, 1.54) is 23.2 Å². The summed E-state index contributed by atoms with van der Waals surface area (Å²) in [5.74, 6) is 0.719. The van der Waals surface area contributed by atoms with Crippen LogP contribution in [0.2, 0.25) is 0 Å². The molecule has 0 radical (unpaired) electrons. The minimum atomic E-state index is 0.719. The predicted molar refractivity (Wildman–Crippen MR) is 81.1 cm³/mol. The predicted octanol–water partition coefficient (Wildman–Crippen LogP) is 3.23. The molecule has 100 valence electrons. The molecule has 3 rings (SSSR count). The quantitative estimate of drug-likeness (QED) is 0.941. The fraction of sp³-hybridized carbons (Fsp3) is 0.400. The molecular formula is C15H18BrN3. The van der Waals surface area contributed by atoms with Crippen LogP contribution in [0.5, 0.6) is 0 Å². The molecule has 19 heavy (non-hydrogen) atoms. The molecular weight excluding hydrogens is 302 g/mol. The molecule has 1 aromatic carbocycles. The standard InChI is InChI=1S/C15H18BrN3/c1-11-15(13-2-4-14(16)5-3-13)9-18-19(11)10-12-6-7-17-8-12/h2-5,9,12,17H,6-8,10H2,1H3. The summed E-state index contributed by atoms with van der Waals surface area (Å²) in [6.45, 7) is 5.44. The zero-order valence-electron chi connectivity index (χ0n) is 11.1. The van der Waals surface area contributed by atoms with Gasteiger partial charge in [-0.25, -0.2) is 0 Å². The number of halogens is 1. The molecule has 1 aromatic heterocycles. The molecule has 1 fully saturated rings. The molecule has 1 unspecified atom stereocenters. The molecule has 0 aliphatic carbocycles. The first-order valence-electron chi connectivity index (χ1n) is 6.73. The Bertz CT molecular complexity index is 553. The van der Waals surface area contributed by atoms with Crippen LogP contribution >= 0.6 is 15.9 Å². The van der Waals surface area contributed by atoms with Gasteiger partial charge >= 0.3 is 0 Å². The van der Waals surface area contributed by atoms with Gasteiger partial charge < -0.3 is 5.32 Å². The lowest BCUT2D eigenvalue weighted by Crippen LogP contribution is -2.16. The van der Waals surface area contributed by atoms with Gasteiger partial charge in [-0.05, 0) is 50.0 Å². The number of rotatable bonds is 3. The third-order valence-electron chi connectivity index (χ3n) is 3.85. The van der Waals surface area contributed by atoms with Gasteiger partial charge in [0, 0.05) is 22.3 Å². The Labute approximate surface area is 122 Å². The number of nitrogens with one attached hydrogen (secondary N) is 1. The smallest absolute Gasteiger partial charge is 0.0571 e. The Morgan fingerprint density at radius 2 is 2.16 bits per heavy atom. The van der Waals surface area contributed by atoms with E-state index < -0.39 is 0 Å². The van der Waals surface area contributed by atoms with Gasteiger partial charge in [0.1, 0.15) is 0 Å². The third kappa shape index (κ3) is 2.74. The molecule has 0 spiro atoms. The van der Waals surface area contributed by atoms with Crippen LogP contribution in [0.3, 0.4) is 0 Å². The van der Waals surface area contributed by atoms with E-state index in [4.69, 9.17) is 0 Å². The van der Waals surface area contributed by atoms with Crippen LogP contribution in [-0.2, 0) is 6.54 Å². The van der Waals surface area contributed by atoms with Crippen molar-refractivity contribution in [2.75, 3.05) is 13.1 Å². The van der Waals surface area contributed by atoms with Gasteiger partial charge in [-0.1, -0.05) is 28.1 Å². The molecule has 2 heterocycles. The van der Waals surface area contributed by atoms with Gasteiger partial charge in [-0.15, -0.1) is 0 Å². The molecule has 3 nitrogen and oxygen atoms in total. The van der Waals surface area contributed by atoms with Crippen molar-refractivity contribution in [3.05, 3.63) is 40.6 Å². The average molecular weight is 320 g/mol. The van der Waals surface area contributed by atoms with Crippen LogP contribution in [0.25, 0.3) is 11.1 Å². The van der Waals surface area contributed by atoms with Crippen molar-refractivity contribution in [3.63, 3.8) is 0 Å². The molecule has 1 aliphatic rings. The average Bonchev–Trinajstić information content (AvgIpc) is 3.03. The summed E-state index contributed by atoms with van der Waals surface area (Å²) in [6, 6.07) is 8.42. The largest absolute Gasteiger partial charge is 0.316 e. The number of aromatic nitrogens is 2. The number of benzene rings is 1. The summed E-state index contributed by atoms with van der Waals surface area (Å²) >= 11 is 3.47. The normalized spacial score (nSPS) is 18.9. The van der Waals surface area contributed by atoms with Gasteiger partial charge in [0.05, 0.1) is 6.20 Å². The van der Waals surface area contributed by atoms with E-state index in [9.17, 15) is 0 Å². The molecule has 4 heteroatoms. The lowest BCUT2D eigenvalue weighted by molar-refractivity contribution is 0.443. The van der Waals surface area contributed by atoms with E-state index in [0.717, 1.165) is 30.0 Å². The molecule has 0 bridgehead atoms. The van der Waals surface area contributed by atoms with Gasteiger partial charge in [0.2, 0.25) is 0 Å². The summed E-state index contributed by atoms with van der Waals surface area (Å²) in [7, 11) is 0. The second-order valence-corrected chi connectivity index (χ2v) is 6.11. The van der Waals surface area contributed by atoms with Crippen LogP contribution in [0, 0.1) is 12.8 Å². The minimum absolute atomic E-state index is 0.719. The maximum atomic E-state index is 4.56. The molecule has 2 aromatic rings. The zero-order valence-corrected chi connectivity index (χ0v) is 12.7. The summed E-state index contributed by atoms with van der Waals surface area (Å²) in [5, 5.41) is 7.97. The second kappa shape index (κ2) is 5.47. The maximum absolute atomic E-state index is 4.56. The monoisotopic (exact) mass is 319 g/mol. The Morgan fingerprint density at radius 1 is 1.37 bits per heavy atom. The van der Waals surface area contributed by atoms with Gasteiger partial charge in [0.25, 0.3) is 0 Å². The van der Waals surface area contributed by atoms with E-state index in [0.29, 0.717) is 0 Å². The molecule has 1 N–H and O–H groups in total. The highest BCUT2D eigenvalue weighted by Crippen LogP contribution is 2.25. The van der Waals surface area contributed by atoms with Crippen molar-refractivity contribution >= 4 is 15.9 Å². The highest BCUT2D eigenvalue weighted by Gasteiger charge is 2.17. The van der Waals surface area contributed by atoms with E-state index >= 15 is 0 Å². The van der Waals surface area contributed by atoms with Gasteiger partial charge in [-0.3, -0.25) is 4.68 Å². The van der Waals surface area contributed by atoms with Crippen LogP contribution in [-0.4, -0.2) is 22.9 Å². The SMILES string of the molecule is Cc1c(-c2ccc(Br)cc2)cnn1CC1CCNC1. The lowest BCUT2D eigenvalue weighted by atomic mass is 10.1. The number of hydrogen-bond donors (Lipinski definition) is 1. The maximum Gasteiger partial charge on any atom is 0.0571 e.